The lowest BCUT2D eigenvalue weighted by molar-refractivity contribution is 0.327. The molecule has 5 nitrogen and oxygen atoms in total. The zero-order valence-corrected chi connectivity index (χ0v) is 10.6. The van der Waals surface area contributed by atoms with Crippen LogP contribution in [0.3, 0.4) is 0 Å². The molecule has 0 radical (unpaired) electrons. The van der Waals surface area contributed by atoms with E-state index in [1.165, 1.54) is 12.1 Å². The van der Waals surface area contributed by atoms with Crippen LogP contribution in [0.5, 0.6) is 17.4 Å². The maximum absolute atomic E-state index is 9.65. The summed E-state index contributed by atoms with van der Waals surface area (Å²) in [6, 6.07) is 8.15. The Hall–Kier alpha value is -2.43. The Morgan fingerprint density at radius 2 is 2.05 bits per heavy atom. The van der Waals surface area contributed by atoms with E-state index in [1.807, 2.05) is 13.0 Å². The predicted octanol–water partition coefficient (Wildman–Crippen LogP) is 2.50. The summed E-state index contributed by atoms with van der Waals surface area (Å²) in [6.45, 7) is 2.93. The van der Waals surface area contributed by atoms with Gasteiger partial charge in [0, 0.05) is 24.2 Å². The van der Waals surface area contributed by atoms with Gasteiger partial charge in [-0.05, 0) is 25.1 Å². The summed E-state index contributed by atoms with van der Waals surface area (Å²) in [5.41, 5.74) is 1.53. The highest BCUT2D eigenvalue weighted by Gasteiger charge is 2.02. The lowest BCUT2D eigenvalue weighted by Crippen LogP contribution is -2.01. The molecule has 0 aliphatic rings. The molecule has 19 heavy (non-hydrogen) atoms. The Morgan fingerprint density at radius 1 is 1.21 bits per heavy atom. The van der Waals surface area contributed by atoms with Crippen LogP contribution in [0.25, 0.3) is 0 Å². The number of hydrogen-bond acceptors (Lipinski definition) is 5. The van der Waals surface area contributed by atoms with Crippen LogP contribution in [0.15, 0.2) is 36.5 Å². The highest BCUT2D eigenvalue weighted by Crippen LogP contribution is 2.23. The fraction of sp³-hybridized carbons (Fsp3) is 0.214. The number of aromatic nitrogens is 1. The standard InChI is InChI=1S/C14H16N2O3/c1-2-19-14-6-4-11(9-16-14)15-8-10-3-5-12(17)7-13(10)18/h3-7,9,15,17-18H,2,8H2,1H3. The Kier molecular flexibility index (Phi) is 4.07. The molecule has 0 bridgehead atoms. The molecule has 0 spiro atoms. The van der Waals surface area contributed by atoms with Crippen LogP contribution in [0, 0.1) is 0 Å². The number of nitrogens with zero attached hydrogens (tertiary/aromatic N) is 1. The predicted molar refractivity (Wildman–Crippen MR) is 72.5 cm³/mol. The second-order valence-corrected chi connectivity index (χ2v) is 3.98. The van der Waals surface area contributed by atoms with Crippen molar-refractivity contribution >= 4 is 5.69 Å². The molecule has 0 unspecified atom stereocenters. The molecule has 0 saturated carbocycles. The molecular weight excluding hydrogens is 244 g/mol. The Labute approximate surface area is 111 Å². The van der Waals surface area contributed by atoms with Gasteiger partial charge in [-0.25, -0.2) is 4.98 Å². The van der Waals surface area contributed by atoms with Crippen molar-refractivity contribution in [2.45, 2.75) is 13.5 Å². The lowest BCUT2D eigenvalue weighted by Gasteiger charge is -2.09. The van der Waals surface area contributed by atoms with Crippen LogP contribution in [0.4, 0.5) is 5.69 Å². The van der Waals surface area contributed by atoms with Gasteiger partial charge in [-0.1, -0.05) is 0 Å². The van der Waals surface area contributed by atoms with E-state index in [-0.39, 0.29) is 11.5 Å². The first-order chi connectivity index (χ1) is 9.19. The molecule has 1 aromatic carbocycles. The number of nitrogens with one attached hydrogen (secondary N) is 1. The Bertz CT molecular complexity index is 541. The van der Waals surface area contributed by atoms with E-state index in [2.05, 4.69) is 10.3 Å². The second-order valence-electron chi connectivity index (χ2n) is 3.98. The van der Waals surface area contributed by atoms with Crippen LogP contribution < -0.4 is 10.1 Å². The minimum Gasteiger partial charge on any atom is -0.508 e. The van der Waals surface area contributed by atoms with Crippen molar-refractivity contribution < 1.29 is 14.9 Å². The van der Waals surface area contributed by atoms with E-state index in [4.69, 9.17) is 4.74 Å². The zero-order valence-electron chi connectivity index (χ0n) is 10.6. The zero-order chi connectivity index (χ0) is 13.7. The first-order valence-corrected chi connectivity index (χ1v) is 6.02. The molecule has 0 aliphatic carbocycles. The van der Waals surface area contributed by atoms with Crippen molar-refractivity contribution in [2.24, 2.45) is 0 Å². The topological polar surface area (TPSA) is 74.6 Å². The van der Waals surface area contributed by atoms with E-state index in [0.717, 1.165) is 5.69 Å². The van der Waals surface area contributed by atoms with Crippen LogP contribution in [-0.4, -0.2) is 21.8 Å². The maximum Gasteiger partial charge on any atom is 0.213 e. The number of phenols is 2. The molecule has 0 amide bonds. The average molecular weight is 260 g/mol. The largest absolute Gasteiger partial charge is 0.508 e. The lowest BCUT2D eigenvalue weighted by atomic mass is 10.2. The minimum atomic E-state index is 0.0454. The SMILES string of the molecule is CCOc1ccc(NCc2ccc(O)cc2O)cn1. The van der Waals surface area contributed by atoms with Gasteiger partial charge < -0.3 is 20.3 Å². The van der Waals surface area contributed by atoms with E-state index in [1.54, 1.807) is 18.3 Å². The van der Waals surface area contributed by atoms with Crippen molar-refractivity contribution in [1.82, 2.24) is 4.98 Å². The van der Waals surface area contributed by atoms with Crippen LogP contribution >= 0.6 is 0 Å². The summed E-state index contributed by atoms with van der Waals surface area (Å²) in [5.74, 6) is 0.691. The summed E-state index contributed by atoms with van der Waals surface area (Å²) in [4.78, 5) is 4.13. The maximum atomic E-state index is 9.65. The van der Waals surface area contributed by atoms with Crippen molar-refractivity contribution in [3.8, 4) is 17.4 Å². The van der Waals surface area contributed by atoms with Gasteiger partial charge in [0.25, 0.3) is 0 Å². The molecule has 100 valence electrons. The molecule has 2 aromatic rings. The number of rotatable bonds is 5. The number of pyridine rings is 1. The van der Waals surface area contributed by atoms with Crippen LogP contribution in [0.1, 0.15) is 12.5 Å². The summed E-state index contributed by atoms with van der Waals surface area (Å²) in [5, 5.41) is 22.0. The number of hydrogen-bond donors (Lipinski definition) is 3. The van der Waals surface area contributed by atoms with E-state index in [9.17, 15) is 10.2 Å². The minimum absolute atomic E-state index is 0.0454. The molecular formula is C14H16N2O3. The second kappa shape index (κ2) is 5.95. The molecule has 2 rings (SSSR count). The number of aromatic hydroxyl groups is 2. The third-order valence-electron chi connectivity index (χ3n) is 2.58. The molecule has 1 aromatic heterocycles. The van der Waals surface area contributed by atoms with E-state index < -0.39 is 0 Å². The molecule has 0 fully saturated rings. The Morgan fingerprint density at radius 3 is 2.68 bits per heavy atom. The van der Waals surface area contributed by atoms with E-state index in [0.29, 0.717) is 24.6 Å². The third kappa shape index (κ3) is 3.51. The monoisotopic (exact) mass is 260 g/mol. The number of benzene rings is 1. The van der Waals surface area contributed by atoms with Crippen molar-refractivity contribution in [1.29, 1.82) is 0 Å². The first kappa shape index (κ1) is 13.0. The fourth-order valence-electron chi connectivity index (χ4n) is 1.62. The normalized spacial score (nSPS) is 10.2. The van der Waals surface area contributed by atoms with Gasteiger partial charge in [0.15, 0.2) is 0 Å². The molecule has 1 heterocycles. The molecule has 3 N–H and O–H groups in total. The summed E-state index contributed by atoms with van der Waals surface area (Å²) in [6.07, 6.45) is 1.67. The van der Waals surface area contributed by atoms with Crippen molar-refractivity contribution in [3.05, 3.63) is 42.1 Å². The number of phenolic OH excluding ortho intramolecular Hbond substituents is 2. The van der Waals surface area contributed by atoms with Crippen LogP contribution in [-0.2, 0) is 6.54 Å². The summed E-state index contributed by atoms with van der Waals surface area (Å²) in [7, 11) is 0. The van der Waals surface area contributed by atoms with Crippen molar-refractivity contribution in [3.63, 3.8) is 0 Å². The van der Waals surface area contributed by atoms with E-state index >= 15 is 0 Å². The number of anilines is 1. The molecule has 0 atom stereocenters. The van der Waals surface area contributed by atoms with Gasteiger partial charge in [0.05, 0.1) is 18.5 Å². The van der Waals surface area contributed by atoms with Crippen LogP contribution in [0.2, 0.25) is 0 Å². The van der Waals surface area contributed by atoms with Gasteiger partial charge >= 0.3 is 0 Å². The summed E-state index contributed by atoms with van der Waals surface area (Å²) >= 11 is 0. The molecule has 0 aliphatic heterocycles. The number of ether oxygens (including phenoxy) is 1. The fourth-order valence-corrected chi connectivity index (χ4v) is 1.62. The van der Waals surface area contributed by atoms with Gasteiger partial charge in [-0.15, -0.1) is 0 Å². The first-order valence-electron chi connectivity index (χ1n) is 6.02. The molecule has 0 saturated heterocycles. The van der Waals surface area contributed by atoms with Gasteiger partial charge in [0.1, 0.15) is 11.5 Å². The molecule has 5 heteroatoms. The summed E-state index contributed by atoms with van der Waals surface area (Å²) < 4.78 is 5.25. The van der Waals surface area contributed by atoms with Crippen molar-refractivity contribution in [2.75, 3.05) is 11.9 Å². The average Bonchev–Trinajstić information content (AvgIpc) is 2.40. The highest BCUT2D eigenvalue weighted by molar-refractivity contribution is 5.45. The highest BCUT2D eigenvalue weighted by atomic mass is 16.5. The smallest absolute Gasteiger partial charge is 0.213 e. The third-order valence-corrected chi connectivity index (χ3v) is 2.58. The van der Waals surface area contributed by atoms with Gasteiger partial charge in [-0.2, -0.15) is 0 Å². The van der Waals surface area contributed by atoms with Gasteiger partial charge in [0.2, 0.25) is 5.88 Å². The quantitative estimate of drug-likeness (QED) is 0.770. The Balaban J connectivity index is 1.98. The van der Waals surface area contributed by atoms with Gasteiger partial charge in [-0.3, -0.25) is 0 Å².